The Bertz CT molecular complexity index is 574. The molecular weight excluding hydrogens is 322 g/mol. The molecule has 0 bridgehead atoms. The lowest BCUT2D eigenvalue weighted by atomic mass is 10.1. The van der Waals surface area contributed by atoms with Crippen LogP contribution < -0.4 is 15.2 Å². The van der Waals surface area contributed by atoms with Crippen molar-refractivity contribution < 1.29 is 23.8 Å². The van der Waals surface area contributed by atoms with Crippen LogP contribution in [0.25, 0.3) is 0 Å². The highest BCUT2D eigenvalue weighted by atomic mass is 35.5. The van der Waals surface area contributed by atoms with E-state index in [1.54, 1.807) is 0 Å². The monoisotopic (exact) mass is 343 g/mol. The van der Waals surface area contributed by atoms with Crippen molar-refractivity contribution in [2.75, 3.05) is 13.7 Å². The van der Waals surface area contributed by atoms with Gasteiger partial charge in [0, 0.05) is 0 Å². The highest BCUT2D eigenvalue weighted by Gasteiger charge is 2.20. The number of ether oxygens (including phenoxy) is 3. The Balaban J connectivity index is 2.94. The second kappa shape index (κ2) is 8.62. The molecule has 0 aliphatic heterocycles. The third-order valence-electron chi connectivity index (χ3n) is 3.09. The van der Waals surface area contributed by atoms with E-state index in [4.69, 9.17) is 31.5 Å². The number of esters is 1. The van der Waals surface area contributed by atoms with Crippen molar-refractivity contribution in [3.63, 3.8) is 0 Å². The number of nitrogens with two attached hydrogens (primary N) is 1. The summed E-state index contributed by atoms with van der Waals surface area (Å²) in [6.45, 7) is 6.04. The van der Waals surface area contributed by atoms with Gasteiger partial charge >= 0.3 is 5.97 Å². The molecule has 1 aromatic carbocycles. The number of primary amides is 1. The molecule has 0 radical (unpaired) electrons. The summed E-state index contributed by atoms with van der Waals surface area (Å²) in [6.07, 6.45) is -0.173. The summed E-state index contributed by atoms with van der Waals surface area (Å²) in [5, 5.41) is 0.229. The molecule has 1 amide bonds. The summed E-state index contributed by atoms with van der Waals surface area (Å²) < 4.78 is 15.8. The molecule has 0 heterocycles. The van der Waals surface area contributed by atoms with Gasteiger partial charge in [0.25, 0.3) is 5.91 Å². The number of hydrogen-bond acceptors (Lipinski definition) is 5. The maximum Gasteiger partial charge on any atom is 0.339 e. The molecule has 0 saturated carbocycles. The molecule has 0 spiro atoms. The Morgan fingerprint density at radius 3 is 2.43 bits per heavy atom. The van der Waals surface area contributed by atoms with Crippen LogP contribution in [0.1, 0.15) is 37.6 Å². The number of hydrogen-bond donors (Lipinski definition) is 1. The van der Waals surface area contributed by atoms with Crippen LogP contribution in [0, 0.1) is 5.92 Å². The van der Waals surface area contributed by atoms with Gasteiger partial charge in [-0.05, 0) is 31.4 Å². The smallest absolute Gasteiger partial charge is 0.339 e. The Morgan fingerprint density at radius 1 is 1.26 bits per heavy atom. The first kappa shape index (κ1) is 19.1. The third-order valence-corrected chi connectivity index (χ3v) is 3.37. The van der Waals surface area contributed by atoms with Gasteiger partial charge in [-0.2, -0.15) is 0 Å². The molecule has 0 saturated heterocycles. The SMILES string of the molecule is COc1cc(C(=O)O[C@@H](C)C(N)=O)cc(Cl)c1OCCC(C)C. The van der Waals surface area contributed by atoms with E-state index >= 15 is 0 Å². The van der Waals surface area contributed by atoms with Crippen molar-refractivity contribution in [3.8, 4) is 11.5 Å². The van der Waals surface area contributed by atoms with Gasteiger partial charge in [0.15, 0.2) is 17.6 Å². The van der Waals surface area contributed by atoms with Gasteiger partial charge in [-0.15, -0.1) is 0 Å². The average molecular weight is 344 g/mol. The van der Waals surface area contributed by atoms with Crippen molar-refractivity contribution in [2.24, 2.45) is 11.7 Å². The predicted octanol–water partition coefficient (Wildman–Crippen LogP) is 2.80. The highest BCUT2D eigenvalue weighted by molar-refractivity contribution is 6.32. The fraction of sp³-hybridized carbons (Fsp3) is 0.500. The zero-order valence-corrected chi connectivity index (χ0v) is 14.5. The standard InChI is InChI=1S/C16H22ClNO5/c1-9(2)5-6-22-14-12(17)7-11(8-13(14)21-4)16(20)23-10(3)15(18)19/h7-10H,5-6H2,1-4H3,(H2,18,19)/t10-/m0/s1. The van der Waals surface area contributed by atoms with E-state index in [9.17, 15) is 9.59 Å². The fourth-order valence-corrected chi connectivity index (χ4v) is 1.93. The van der Waals surface area contributed by atoms with Gasteiger partial charge in [0.05, 0.1) is 24.3 Å². The summed E-state index contributed by atoms with van der Waals surface area (Å²) in [4.78, 5) is 23.0. The number of amides is 1. The molecule has 1 rings (SSSR count). The zero-order valence-electron chi connectivity index (χ0n) is 13.7. The number of halogens is 1. The minimum atomic E-state index is -1.03. The summed E-state index contributed by atoms with van der Waals surface area (Å²) in [7, 11) is 1.45. The first-order chi connectivity index (χ1) is 10.8. The molecule has 0 fully saturated rings. The number of carbonyl (C=O) groups is 2. The lowest BCUT2D eigenvalue weighted by Crippen LogP contribution is -2.30. The van der Waals surface area contributed by atoms with Gasteiger partial charge < -0.3 is 19.9 Å². The number of benzene rings is 1. The summed E-state index contributed by atoms with van der Waals surface area (Å²) >= 11 is 6.17. The molecule has 0 aromatic heterocycles. The van der Waals surface area contributed by atoms with Gasteiger partial charge in [0.2, 0.25) is 0 Å². The maximum atomic E-state index is 12.0. The highest BCUT2D eigenvalue weighted by Crippen LogP contribution is 2.36. The largest absolute Gasteiger partial charge is 0.493 e. The van der Waals surface area contributed by atoms with Gasteiger partial charge in [-0.25, -0.2) is 4.79 Å². The minimum absolute atomic E-state index is 0.149. The van der Waals surface area contributed by atoms with Crippen molar-refractivity contribution >= 4 is 23.5 Å². The normalized spacial score (nSPS) is 11.9. The van der Waals surface area contributed by atoms with Crippen LogP contribution in [0.15, 0.2) is 12.1 Å². The van der Waals surface area contributed by atoms with Crippen LogP contribution in [0.4, 0.5) is 0 Å². The van der Waals surface area contributed by atoms with Crippen molar-refractivity contribution in [1.82, 2.24) is 0 Å². The lowest BCUT2D eigenvalue weighted by Gasteiger charge is -2.15. The van der Waals surface area contributed by atoms with Gasteiger partial charge in [0.1, 0.15) is 0 Å². The Morgan fingerprint density at radius 2 is 1.91 bits per heavy atom. The second-order valence-corrected chi connectivity index (χ2v) is 5.88. The van der Waals surface area contributed by atoms with Gasteiger partial charge in [-0.3, -0.25) is 4.79 Å². The molecule has 0 aliphatic rings. The second-order valence-electron chi connectivity index (χ2n) is 5.47. The maximum absolute atomic E-state index is 12.0. The topological polar surface area (TPSA) is 87.9 Å². The average Bonchev–Trinajstić information content (AvgIpc) is 2.47. The molecule has 128 valence electrons. The molecule has 23 heavy (non-hydrogen) atoms. The number of carbonyl (C=O) groups excluding carboxylic acids is 2. The van der Waals surface area contributed by atoms with Crippen molar-refractivity contribution in [1.29, 1.82) is 0 Å². The van der Waals surface area contributed by atoms with E-state index in [-0.39, 0.29) is 10.6 Å². The van der Waals surface area contributed by atoms with Crippen LogP contribution in [-0.2, 0) is 9.53 Å². The number of rotatable bonds is 8. The summed E-state index contributed by atoms with van der Waals surface area (Å²) in [5.74, 6) is -0.270. The molecule has 0 unspecified atom stereocenters. The van der Waals surface area contributed by atoms with E-state index in [0.29, 0.717) is 24.0 Å². The molecule has 1 aromatic rings. The van der Waals surface area contributed by atoms with E-state index in [0.717, 1.165) is 6.42 Å². The Kier molecular flexibility index (Phi) is 7.16. The van der Waals surface area contributed by atoms with Crippen LogP contribution in [-0.4, -0.2) is 31.7 Å². The van der Waals surface area contributed by atoms with Crippen LogP contribution >= 0.6 is 11.6 Å². The first-order valence-corrected chi connectivity index (χ1v) is 7.64. The van der Waals surface area contributed by atoms with Crippen molar-refractivity contribution in [3.05, 3.63) is 22.7 Å². The van der Waals surface area contributed by atoms with E-state index in [2.05, 4.69) is 13.8 Å². The fourth-order valence-electron chi connectivity index (χ4n) is 1.66. The summed E-state index contributed by atoms with van der Waals surface area (Å²) in [6, 6.07) is 2.86. The Hall–Kier alpha value is -1.95. The third kappa shape index (κ3) is 5.63. The minimum Gasteiger partial charge on any atom is -0.493 e. The lowest BCUT2D eigenvalue weighted by molar-refractivity contribution is -0.125. The van der Waals surface area contributed by atoms with E-state index < -0.39 is 18.0 Å². The van der Waals surface area contributed by atoms with Gasteiger partial charge in [-0.1, -0.05) is 25.4 Å². The van der Waals surface area contributed by atoms with Crippen LogP contribution in [0.5, 0.6) is 11.5 Å². The van der Waals surface area contributed by atoms with Crippen LogP contribution in [0.3, 0.4) is 0 Å². The predicted molar refractivity (Wildman–Crippen MR) is 87.0 cm³/mol. The first-order valence-electron chi connectivity index (χ1n) is 7.26. The summed E-state index contributed by atoms with van der Waals surface area (Å²) in [5.41, 5.74) is 5.21. The number of methoxy groups -OCH3 is 1. The quantitative estimate of drug-likeness (QED) is 0.733. The van der Waals surface area contributed by atoms with Crippen molar-refractivity contribution in [2.45, 2.75) is 33.3 Å². The molecule has 1 atom stereocenters. The van der Waals surface area contributed by atoms with Crippen LogP contribution in [0.2, 0.25) is 5.02 Å². The van der Waals surface area contributed by atoms with E-state index in [1.807, 2.05) is 0 Å². The Labute approximate surface area is 140 Å². The molecule has 6 nitrogen and oxygen atoms in total. The molecule has 0 aliphatic carbocycles. The zero-order chi connectivity index (χ0) is 17.6. The molecular formula is C16H22ClNO5. The van der Waals surface area contributed by atoms with E-state index in [1.165, 1.54) is 26.2 Å². The molecule has 7 heteroatoms. The molecule has 2 N–H and O–H groups in total.